The first-order chi connectivity index (χ1) is 9.65. The molecule has 1 aromatic carbocycles. The molecule has 0 saturated carbocycles. The molecule has 110 valence electrons. The number of ether oxygens (including phenoxy) is 1. The van der Waals surface area contributed by atoms with E-state index in [0.717, 1.165) is 37.2 Å². The number of hydrogen-bond acceptors (Lipinski definition) is 3. The number of carbonyl (C=O) groups is 1. The minimum absolute atomic E-state index is 0.0267. The Balaban J connectivity index is 2.07. The maximum absolute atomic E-state index is 12.1. The van der Waals surface area contributed by atoms with Crippen molar-refractivity contribution in [1.29, 1.82) is 0 Å². The van der Waals surface area contributed by atoms with Crippen molar-refractivity contribution < 1.29 is 9.53 Å². The normalized spacial score (nSPS) is 18.1. The van der Waals surface area contributed by atoms with Crippen molar-refractivity contribution in [1.82, 2.24) is 0 Å². The van der Waals surface area contributed by atoms with E-state index in [1.807, 2.05) is 13.0 Å². The van der Waals surface area contributed by atoms with Crippen LogP contribution in [0, 0.1) is 6.92 Å². The van der Waals surface area contributed by atoms with Crippen LogP contribution < -0.4 is 10.2 Å². The predicted octanol–water partition coefficient (Wildman–Crippen LogP) is 2.96. The van der Waals surface area contributed by atoms with E-state index < -0.39 is 0 Å². The Labute approximate surface area is 121 Å². The first kappa shape index (κ1) is 14.9. The fourth-order valence-electron chi connectivity index (χ4n) is 2.57. The van der Waals surface area contributed by atoms with Crippen LogP contribution in [0.15, 0.2) is 18.2 Å². The molecule has 0 bridgehead atoms. The predicted molar refractivity (Wildman–Crippen MR) is 82.3 cm³/mol. The van der Waals surface area contributed by atoms with E-state index in [0.29, 0.717) is 6.61 Å². The van der Waals surface area contributed by atoms with Gasteiger partial charge in [0.15, 0.2) is 0 Å². The summed E-state index contributed by atoms with van der Waals surface area (Å²) in [4.78, 5) is 14.3. The molecule has 4 heteroatoms. The summed E-state index contributed by atoms with van der Waals surface area (Å²) in [6.07, 6.45) is 1.51. The van der Waals surface area contributed by atoms with Gasteiger partial charge in [0.2, 0.25) is 0 Å². The summed E-state index contributed by atoms with van der Waals surface area (Å²) >= 11 is 0. The average Bonchev–Trinajstić information content (AvgIpc) is 2.97. The molecule has 1 N–H and O–H groups in total. The molecule has 1 fully saturated rings. The third-order valence-electron chi connectivity index (χ3n) is 3.82. The van der Waals surface area contributed by atoms with Gasteiger partial charge < -0.3 is 15.0 Å². The molecule has 1 aliphatic heterocycles. The lowest BCUT2D eigenvalue weighted by molar-refractivity contribution is -0.124. The van der Waals surface area contributed by atoms with Crippen LogP contribution in [0.5, 0.6) is 0 Å². The maximum Gasteiger partial charge on any atom is 0.253 e. The highest BCUT2D eigenvalue weighted by Crippen LogP contribution is 2.23. The van der Waals surface area contributed by atoms with Crippen molar-refractivity contribution in [3.05, 3.63) is 23.8 Å². The Kier molecular flexibility index (Phi) is 5.01. The molecule has 1 atom stereocenters. The summed E-state index contributed by atoms with van der Waals surface area (Å²) in [6, 6.07) is 6.17. The molecular formula is C16H24N2O2. The molecule has 1 aromatic rings. The van der Waals surface area contributed by atoms with Gasteiger partial charge in [0.25, 0.3) is 5.91 Å². The van der Waals surface area contributed by atoms with Crippen LogP contribution in [0.4, 0.5) is 11.4 Å². The molecule has 2 rings (SSSR count). The lowest BCUT2D eigenvalue weighted by atomic mass is 10.1. The number of nitrogens with zero attached hydrogens (tertiary/aromatic N) is 1. The molecule has 1 saturated heterocycles. The number of hydrogen-bond donors (Lipinski definition) is 1. The Hall–Kier alpha value is -1.55. The van der Waals surface area contributed by atoms with Gasteiger partial charge in [-0.05, 0) is 57.4 Å². The topological polar surface area (TPSA) is 41.6 Å². The second kappa shape index (κ2) is 6.75. The molecule has 1 heterocycles. The Morgan fingerprint density at radius 3 is 2.70 bits per heavy atom. The summed E-state index contributed by atoms with van der Waals surface area (Å²) in [7, 11) is 0. The van der Waals surface area contributed by atoms with Crippen LogP contribution >= 0.6 is 0 Å². The fourth-order valence-corrected chi connectivity index (χ4v) is 2.57. The largest absolute Gasteiger partial charge is 0.372 e. The van der Waals surface area contributed by atoms with E-state index in [2.05, 4.69) is 36.2 Å². The molecule has 0 unspecified atom stereocenters. The highest BCUT2D eigenvalue weighted by atomic mass is 16.5. The van der Waals surface area contributed by atoms with E-state index in [1.54, 1.807) is 0 Å². The Morgan fingerprint density at radius 1 is 1.40 bits per heavy atom. The van der Waals surface area contributed by atoms with Gasteiger partial charge in [-0.2, -0.15) is 0 Å². The van der Waals surface area contributed by atoms with Crippen LogP contribution in [0.25, 0.3) is 0 Å². The first-order valence-electron chi connectivity index (χ1n) is 7.43. The lowest BCUT2D eigenvalue weighted by Crippen LogP contribution is -2.27. The highest BCUT2D eigenvalue weighted by molar-refractivity contribution is 5.95. The number of carbonyl (C=O) groups excluding carboxylic acids is 1. The zero-order valence-corrected chi connectivity index (χ0v) is 12.6. The molecule has 1 aliphatic rings. The van der Waals surface area contributed by atoms with Gasteiger partial charge in [0.1, 0.15) is 6.10 Å². The average molecular weight is 276 g/mol. The van der Waals surface area contributed by atoms with Gasteiger partial charge in [-0.25, -0.2) is 0 Å². The van der Waals surface area contributed by atoms with Crippen molar-refractivity contribution in [2.24, 2.45) is 0 Å². The van der Waals surface area contributed by atoms with Crippen LogP contribution in [-0.2, 0) is 9.53 Å². The summed E-state index contributed by atoms with van der Waals surface area (Å²) in [5.74, 6) is -0.0267. The standard InChI is InChI=1S/C16H24N2O2/c1-4-18(5-2)13-8-9-14(12(3)11-13)17-16(19)15-7-6-10-20-15/h8-9,11,15H,4-7,10H2,1-3H3,(H,17,19)/t15-/m0/s1. The van der Waals surface area contributed by atoms with Gasteiger partial charge in [0, 0.05) is 31.1 Å². The molecule has 4 nitrogen and oxygen atoms in total. The lowest BCUT2D eigenvalue weighted by Gasteiger charge is -2.22. The number of aryl methyl sites for hydroxylation is 1. The second-order valence-corrected chi connectivity index (χ2v) is 5.16. The zero-order valence-electron chi connectivity index (χ0n) is 12.6. The van der Waals surface area contributed by atoms with Crippen molar-refractivity contribution in [2.45, 2.75) is 39.7 Å². The van der Waals surface area contributed by atoms with Gasteiger partial charge >= 0.3 is 0 Å². The van der Waals surface area contributed by atoms with Crippen LogP contribution in [0.3, 0.4) is 0 Å². The van der Waals surface area contributed by atoms with E-state index in [-0.39, 0.29) is 12.0 Å². The quantitative estimate of drug-likeness (QED) is 0.899. The van der Waals surface area contributed by atoms with E-state index in [1.165, 1.54) is 5.69 Å². The summed E-state index contributed by atoms with van der Waals surface area (Å²) in [5, 5.41) is 2.97. The second-order valence-electron chi connectivity index (χ2n) is 5.16. The van der Waals surface area contributed by atoms with Crippen LogP contribution in [0.1, 0.15) is 32.3 Å². The van der Waals surface area contributed by atoms with Crippen LogP contribution in [0.2, 0.25) is 0 Å². The number of anilines is 2. The highest BCUT2D eigenvalue weighted by Gasteiger charge is 2.23. The van der Waals surface area contributed by atoms with Crippen molar-refractivity contribution in [3.8, 4) is 0 Å². The first-order valence-corrected chi connectivity index (χ1v) is 7.43. The van der Waals surface area contributed by atoms with Gasteiger partial charge in [0.05, 0.1) is 0 Å². The summed E-state index contributed by atoms with van der Waals surface area (Å²) in [5.41, 5.74) is 3.16. The van der Waals surface area contributed by atoms with Crippen molar-refractivity contribution in [3.63, 3.8) is 0 Å². The van der Waals surface area contributed by atoms with Gasteiger partial charge in [-0.3, -0.25) is 4.79 Å². The number of nitrogens with one attached hydrogen (secondary N) is 1. The Bertz CT molecular complexity index is 464. The molecule has 0 aliphatic carbocycles. The van der Waals surface area contributed by atoms with Gasteiger partial charge in [-0.15, -0.1) is 0 Å². The van der Waals surface area contributed by atoms with E-state index in [4.69, 9.17) is 4.74 Å². The molecule has 1 amide bonds. The van der Waals surface area contributed by atoms with Crippen molar-refractivity contribution >= 4 is 17.3 Å². The Morgan fingerprint density at radius 2 is 2.15 bits per heavy atom. The maximum atomic E-state index is 12.1. The zero-order chi connectivity index (χ0) is 14.5. The molecule has 0 spiro atoms. The smallest absolute Gasteiger partial charge is 0.253 e. The van der Waals surface area contributed by atoms with Crippen LogP contribution in [-0.4, -0.2) is 31.7 Å². The number of amides is 1. The molecule has 0 aromatic heterocycles. The number of benzene rings is 1. The van der Waals surface area contributed by atoms with Gasteiger partial charge in [-0.1, -0.05) is 0 Å². The SMILES string of the molecule is CCN(CC)c1ccc(NC(=O)[C@@H]2CCCO2)c(C)c1. The summed E-state index contributed by atoms with van der Waals surface area (Å²) in [6.45, 7) is 8.98. The number of rotatable bonds is 5. The minimum atomic E-state index is -0.281. The molecule has 20 heavy (non-hydrogen) atoms. The molecular weight excluding hydrogens is 252 g/mol. The van der Waals surface area contributed by atoms with E-state index >= 15 is 0 Å². The third-order valence-corrected chi connectivity index (χ3v) is 3.82. The monoisotopic (exact) mass is 276 g/mol. The molecule has 0 radical (unpaired) electrons. The third kappa shape index (κ3) is 3.31. The van der Waals surface area contributed by atoms with E-state index in [9.17, 15) is 4.79 Å². The minimum Gasteiger partial charge on any atom is -0.372 e. The summed E-state index contributed by atoms with van der Waals surface area (Å²) < 4.78 is 5.40. The fraction of sp³-hybridized carbons (Fsp3) is 0.562. The van der Waals surface area contributed by atoms with Crippen molar-refractivity contribution in [2.75, 3.05) is 29.9 Å².